The SMILES string of the molecule is Cc1nc(CN(C)C(=O)N(C)CC(=O)O)n[nH]1. The van der Waals surface area contributed by atoms with Crippen molar-refractivity contribution >= 4 is 12.0 Å². The lowest BCUT2D eigenvalue weighted by molar-refractivity contribution is -0.137. The third kappa shape index (κ3) is 3.74. The van der Waals surface area contributed by atoms with Crippen molar-refractivity contribution in [3.8, 4) is 0 Å². The predicted molar refractivity (Wildman–Crippen MR) is 58.2 cm³/mol. The number of H-pyrrole nitrogens is 1. The molecule has 1 rings (SSSR count). The summed E-state index contributed by atoms with van der Waals surface area (Å²) in [6, 6.07) is -0.394. The lowest BCUT2D eigenvalue weighted by atomic mass is 10.5. The number of aliphatic carboxylic acids is 1. The Bertz CT molecular complexity index is 417. The number of aromatic amines is 1. The number of hydrogen-bond donors (Lipinski definition) is 2. The molecule has 0 aromatic carbocycles. The minimum absolute atomic E-state index is 0.229. The van der Waals surface area contributed by atoms with Gasteiger partial charge in [0.2, 0.25) is 0 Å². The van der Waals surface area contributed by atoms with E-state index in [1.165, 1.54) is 11.9 Å². The van der Waals surface area contributed by atoms with Crippen LogP contribution in [0.4, 0.5) is 4.79 Å². The van der Waals surface area contributed by atoms with Crippen molar-refractivity contribution in [1.82, 2.24) is 25.0 Å². The van der Waals surface area contributed by atoms with Crippen LogP contribution in [0, 0.1) is 6.92 Å². The van der Waals surface area contributed by atoms with Crippen LogP contribution in [0.2, 0.25) is 0 Å². The van der Waals surface area contributed by atoms with E-state index in [1.54, 1.807) is 14.0 Å². The van der Waals surface area contributed by atoms with E-state index < -0.39 is 12.0 Å². The average Bonchev–Trinajstić information content (AvgIpc) is 2.61. The Kier molecular flexibility index (Phi) is 4.02. The zero-order chi connectivity index (χ0) is 13.0. The number of carboxylic acid groups (broad SMARTS) is 1. The first-order valence-corrected chi connectivity index (χ1v) is 4.96. The molecule has 0 aliphatic rings. The molecule has 0 unspecified atom stereocenters. The fourth-order valence-electron chi connectivity index (χ4n) is 1.30. The summed E-state index contributed by atoms with van der Waals surface area (Å²) < 4.78 is 0. The van der Waals surface area contributed by atoms with Crippen molar-refractivity contribution in [2.45, 2.75) is 13.5 Å². The molecule has 2 N–H and O–H groups in total. The topological polar surface area (TPSA) is 102 Å². The number of amides is 2. The maximum Gasteiger partial charge on any atom is 0.323 e. The lowest BCUT2D eigenvalue weighted by Crippen LogP contribution is -2.41. The second kappa shape index (κ2) is 5.28. The molecular weight excluding hydrogens is 226 g/mol. The molecule has 0 aliphatic carbocycles. The fourth-order valence-corrected chi connectivity index (χ4v) is 1.30. The molecule has 0 atom stereocenters. The minimum atomic E-state index is -1.05. The molecule has 8 nitrogen and oxygen atoms in total. The van der Waals surface area contributed by atoms with Crippen molar-refractivity contribution in [3.63, 3.8) is 0 Å². The van der Waals surface area contributed by atoms with Crippen LogP contribution in [-0.2, 0) is 11.3 Å². The number of nitrogens with zero attached hydrogens (tertiary/aromatic N) is 4. The maximum absolute atomic E-state index is 11.7. The van der Waals surface area contributed by atoms with Crippen molar-refractivity contribution in [3.05, 3.63) is 11.6 Å². The van der Waals surface area contributed by atoms with Crippen LogP contribution in [0.3, 0.4) is 0 Å². The summed E-state index contributed by atoms with van der Waals surface area (Å²) in [6.07, 6.45) is 0. The summed E-state index contributed by atoms with van der Waals surface area (Å²) in [4.78, 5) is 28.7. The van der Waals surface area contributed by atoms with Gasteiger partial charge in [0.1, 0.15) is 12.4 Å². The summed E-state index contributed by atoms with van der Waals surface area (Å²) in [5, 5.41) is 15.1. The van der Waals surface area contributed by atoms with E-state index in [-0.39, 0.29) is 13.1 Å². The van der Waals surface area contributed by atoms with Crippen LogP contribution in [-0.4, -0.2) is 62.7 Å². The molecule has 17 heavy (non-hydrogen) atoms. The van der Waals surface area contributed by atoms with Gasteiger partial charge in [-0.2, -0.15) is 5.10 Å². The Morgan fingerprint density at radius 2 is 2.00 bits per heavy atom. The van der Waals surface area contributed by atoms with E-state index in [9.17, 15) is 9.59 Å². The molecule has 2 amide bonds. The molecule has 1 aromatic rings. The molecular formula is C9H15N5O3. The standard InChI is InChI=1S/C9H15N5O3/c1-6-10-7(12-11-6)4-13(2)9(17)14(3)5-8(15)16/h4-5H2,1-3H3,(H,15,16)(H,10,11,12). The van der Waals surface area contributed by atoms with Gasteiger partial charge in [0.15, 0.2) is 5.82 Å². The minimum Gasteiger partial charge on any atom is -0.480 e. The lowest BCUT2D eigenvalue weighted by Gasteiger charge is -2.22. The van der Waals surface area contributed by atoms with Crippen LogP contribution in [0.5, 0.6) is 0 Å². The Morgan fingerprint density at radius 3 is 2.47 bits per heavy atom. The van der Waals surface area contributed by atoms with Gasteiger partial charge < -0.3 is 14.9 Å². The largest absolute Gasteiger partial charge is 0.480 e. The normalized spacial score (nSPS) is 10.1. The van der Waals surface area contributed by atoms with E-state index in [0.717, 1.165) is 4.90 Å². The summed E-state index contributed by atoms with van der Waals surface area (Å²) in [6.45, 7) is 1.65. The molecule has 0 aliphatic heterocycles. The number of rotatable bonds is 4. The van der Waals surface area contributed by atoms with Crippen LogP contribution in [0.1, 0.15) is 11.6 Å². The van der Waals surface area contributed by atoms with Crippen LogP contribution in [0.25, 0.3) is 0 Å². The van der Waals surface area contributed by atoms with Crippen LogP contribution >= 0.6 is 0 Å². The van der Waals surface area contributed by atoms with Crippen LogP contribution in [0.15, 0.2) is 0 Å². The Morgan fingerprint density at radius 1 is 1.35 bits per heavy atom. The van der Waals surface area contributed by atoms with Crippen molar-refractivity contribution in [2.75, 3.05) is 20.6 Å². The summed E-state index contributed by atoms with van der Waals surface area (Å²) >= 11 is 0. The highest BCUT2D eigenvalue weighted by Gasteiger charge is 2.17. The van der Waals surface area contributed by atoms with Gasteiger partial charge in [-0.1, -0.05) is 0 Å². The molecule has 1 heterocycles. The maximum atomic E-state index is 11.7. The second-order valence-electron chi connectivity index (χ2n) is 3.73. The molecule has 0 bridgehead atoms. The van der Waals surface area contributed by atoms with Gasteiger partial charge in [-0.25, -0.2) is 9.78 Å². The summed E-state index contributed by atoms with van der Waals surface area (Å²) in [7, 11) is 2.99. The van der Waals surface area contributed by atoms with E-state index in [2.05, 4.69) is 15.2 Å². The average molecular weight is 241 g/mol. The zero-order valence-corrected chi connectivity index (χ0v) is 9.97. The molecule has 0 radical (unpaired) electrons. The molecule has 8 heteroatoms. The monoisotopic (exact) mass is 241 g/mol. The zero-order valence-electron chi connectivity index (χ0n) is 9.97. The molecule has 0 saturated heterocycles. The van der Waals surface area contributed by atoms with Crippen molar-refractivity contribution in [2.24, 2.45) is 0 Å². The third-order valence-electron chi connectivity index (χ3n) is 2.05. The summed E-state index contributed by atoms with van der Waals surface area (Å²) in [5.41, 5.74) is 0. The number of nitrogens with one attached hydrogen (secondary N) is 1. The number of carboxylic acids is 1. The quantitative estimate of drug-likeness (QED) is 0.752. The van der Waals surface area contributed by atoms with E-state index in [0.29, 0.717) is 11.6 Å². The van der Waals surface area contributed by atoms with Crippen molar-refractivity contribution < 1.29 is 14.7 Å². The second-order valence-corrected chi connectivity index (χ2v) is 3.73. The first-order chi connectivity index (χ1) is 7.90. The Balaban J connectivity index is 2.55. The van der Waals surface area contributed by atoms with Gasteiger partial charge >= 0.3 is 12.0 Å². The van der Waals surface area contributed by atoms with Gasteiger partial charge in [0.25, 0.3) is 0 Å². The number of urea groups is 1. The number of carbonyl (C=O) groups excluding carboxylic acids is 1. The summed E-state index contributed by atoms with van der Waals surface area (Å²) in [5.74, 6) is 0.102. The van der Waals surface area contributed by atoms with Crippen molar-refractivity contribution in [1.29, 1.82) is 0 Å². The van der Waals surface area contributed by atoms with E-state index in [1.807, 2.05) is 0 Å². The predicted octanol–water partition coefficient (Wildman–Crippen LogP) is -0.319. The number of carbonyl (C=O) groups is 2. The van der Waals surface area contributed by atoms with Gasteiger partial charge in [0.05, 0.1) is 6.54 Å². The van der Waals surface area contributed by atoms with Gasteiger partial charge in [0, 0.05) is 14.1 Å². The third-order valence-corrected chi connectivity index (χ3v) is 2.05. The molecule has 1 aromatic heterocycles. The molecule has 0 spiro atoms. The van der Waals surface area contributed by atoms with E-state index in [4.69, 9.17) is 5.11 Å². The van der Waals surface area contributed by atoms with Gasteiger partial charge in [-0.3, -0.25) is 9.89 Å². The first-order valence-electron chi connectivity index (χ1n) is 4.96. The van der Waals surface area contributed by atoms with Gasteiger partial charge in [-0.05, 0) is 6.92 Å². The molecule has 0 saturated carbocycles. The Labute approximate surface area is 98.2 Å². The first kappa shape index (κ1) is 12.9. The smallest absolute Gasteiger partial charge is 0.323 e. The highest BCUT2D eigenvalue weighted by molar-refractivity contribution is 5.79. The highest BCUT2D eigenvalue weighted by Crippen LogP contribution is 2.00. The van der Waals surface area contributed by atoms with E-state index >= 15 is 0 Å². The number of aryl methyl sites for hydroxylation is 1. The Hall–Kier alpha value is -2.12. The fraction of sp³-hybridized carbons (Fsp3) is 0.556. The number of likely N-dealkylation sites (N-methyl/N-ethyl adjacent to an activating group) is 1. The highest BCUT2D eigenvalue weighted by atomic mass is 16.4. The molecule has 94 valence electrons. The number of hydrogen-bond acceptors (Lipinski definition) is 4. The van der Waals surface area contributed by atoms with Crippen LogP contribution < -0.4 is 0 Å². The molecule has 0 fully saturated rings. The number of aromatic nitrogens is 3. The van der Waals surface area contributed by atoms with Gasteiger partial charge in [-0.15, -0.1) is 0 Å².